The minimum atomic E-state index is -0.970. The second-order valence-electron chi connectivity index (χ2n) is 11.2. The van der Waals surface area contributed by atoms with Gasteiger partial charge in [0.25, 0.3) is 0 Å². The molecule has 40 heavy (non-hydrogen) atoms. The first-order valence-corrected chi connectivity index (χ1v) is 13.2. The maximum atomic E-state index is 13.9. The van der Waals surface area contributed by atoms with Gasteiger partial charge in [-0.1, -0.05) is 18.2 Å². The first-order valence-electron chi connectivity index (χ1n) is 13.2. The second-order valence-corrected chi connectivity index (χ2v) is 11.2. The Hall–Kier alpha value is -4.38. The summed E-state index contributed by atoms with van der Waals surface area (Å²) in [4.78, 5) is 54.6. The van der Waals surface area contributed by atoms with Crippen LogP contribution in [0.3, 0.4) is 0 Å². The van der Waals surface area contributed by atoms with Crippen molar-refractivity contribution in [3.63, 3.8) is 0 Å². The molecule has 1 aromatic heterocycles. The molecular formula is C29H31N5O6. The third-order valence-electron chi connectivity index (χ3n) is 8.22. The Kier molecular flexibility index (Phi) is 5.88. The monoisotopic (exact) mass is 545 g/mol. The number of aromatic nitrogens is 3. The van der Waals surface area contributed by atoms with Crippen LogP contribution in [0.15, 0.2) is 63.7 Å². The van der Waals surface area contributed by atoms with Crippen molar-refractivity contribution in [2.75, 3.05) is 26.7 Å². The largest absolute Gasteiger partial charge is 0.483 e. The number of piperazine rings is 1. The van der Waals surface area contributed by atoms with Crippen LogP contribution in [0.5, 0.6) is 5.75 Å². The van der Waals surface area contributed by atoms with Crippen molar-refractivity contribution in [2.24, 2.45) is 0 Å². The predicted octanol–water partition coefficient (Wildman–Crippen LogP) is 2.67. The molecule has 11 heteroatoms. The van der Waals surface area contributed by atoms with Crippen molar-refractivity contribution < 1.29 is 19.4 Å². The van der Waals surface area contributed by atoms with Gasteiger partial charge in [0.05, 0.1) is 18.3 Å². The van der Waals surface area contributed by atoms with E-state index in [-0.39, 0.29) is 18.4 Å². The van der Waals surface area contributed by atoms with Crippen molar-refractivity contribution in [3.05, 3.63) is 91.8 Å². The van der Waals surface area contributed by atoms with Gasteiger partial charge in [0.1, 0.15) is 17.4 Å². The molecule has 2 atom stereocenters. The number of fused-ring (bicyclic) bond motifs is 5. The van der Waals surface area contributed by atoms with Crippen LogP contribution < -0.4 is 16.1 Å². The number of hydrogen-bond acceptors (Lipinski definition) is 6. The van der Waals surface area contributed by atoms with Crippen molar-refractivity contribution in [2.45, 2.75) is 45.0 Å². The Balaban J connectivity index is 1.48. The Labute approximate surface area is 230 Å². The highest BCUT2D eigenvalue weighted by molar-refractivity contribution is 5.94. The molecule has 6 rings (SSSR count). The van der Waals surface area contributed by atoms with Gasteiger partial charge in [-0.15, -0.1) is 0 Å². The number of benzene rings is 2. The Morgan fingerprint density at radius 2 is 1.75 bits per heavy atom. The average molecular weight is 546 g/mol. The minimum absolute atomic E-state index is 0.104. The van der Waals surface area contributed by atoms with Gasteiger partial charge < -0.3 is 14.7 Å². The highest BCUT2D eigenvalue weighted by atomic mass is 16.5. The summed E-state index contributed by atoms with van der Waals surface area (Å²) in [6.45, 7) is 7.13. The Morgan fingerprint density at radius 3 is 2.42 bits per heavy atom. The van der Waals surface area contributed by atoms with Crippen molar-refractivity contribution >= 4 is 11.9 Å². The summed E-state index contributed by atoms with van der Waals surface area (Å²) in [5.41, 5.74) is 1.52. The number of rotatable bonds is 3. The molecule has 0 spiro atoms. The number of hydrogen-bond donors (Lipinski definition) is 1. The molecular weight excluding hydrogens is 514 g/mol. The normalized spacial score (nSPS) is 21.5. The predicted molar refractivity (Wildman–Crippen MR) is 147 cm³/mol. The highest BCUT2D eigenvalue weighted by Gasteiger charge is 2.44. The van der Waals surface area contributed by atoms with E-state index >= 15 is 0 Å². The van der Waals surface area contributed by atoms with Crippen molar-refractivity contribution in [3.8, 4) is 11.4 Å². The van der Waals surface area contributed by atoms with Crippen LogP contribution >= 0.6 is 0 Å². The summed E-state index contributed by atoms with van der Waals surface area (Å²) in [5.74, 6) is 0.446. The fourth-order valence-corrected chi connectivity index (χ4v) is 6.12. The number of ketones is 1. The number of carbonyl (C=O) groups excluding carboxylic acids is 1. The quantitative estimate of drug-likeness (QED) is 0.397. The lowest BCUT2D eigenvalue weighted by Crippen LogP contribution is -2.49. The van der Waals surface area contributed by atoms with E-state index in [4.69, 9.17) is 4.74 Å². The molecule has 0 bridgehead atoms. The van der Waals surface area contributed by atoms with Crippen molar-refractivity contribution in [1.82, 2.24) is 23.7 Å². The van der Waals surface area contributed by atoms with E-state index in [0.29, 0.717) is 36.6 Å². The lowest BCUT2D eigenvalue weighted by atomic mass is 9.82. The molecule has 3 aromatic rings. The Bertz CT molecular complexity index is 1690. The first kappa shape index (κ1) is 25.9. The van der Waals surface area contributed by atoms with Gasteiger partial charge >= 0.3 is 17.5 Å². The number of nitrogens with zero attached hydrogens (tertiary/aromatic N) is 5. The topological polar surface area (TPSA) is 119 Å². The number of likely N-dealkylation sites (N-methyl/N-ethyl adjacent to an activating group) is 1. The Morgan fingerprint density at radius 1 is 1.02 bits per heavy atom. The molecule has 11 nitrogen and oxygen atoms in total. The van der Waals surface area contributed by atoms with E-state index in [1.807, 2.05) is 45.2 Å². The number of ether oxygens (including phenoxy) is 1. The van der Waals surface area contributed by atoms with Crippen LogP contribution in [0, 0.1) is 0 Å². The average Bonchev–Trinajstić information content (AvgIpc) is 3.17. The molecule has 4 heterocycles. The molecule has 0 saturated carbocycles. The first-order chi connectivity index (χ1) is 19.0. The zero-order valence-corrected chi connectivity index (χ0v) is 22.8. The standard InChI is InChI=1S/C29H31N5O6/c1-17(35)18-5-8-20(9-6-18)33-26(36)32-12-11-22-25(34(32)27(33)37)21-10-7-19(15-24(21)40-29(22,2)3)23-16-30(4)13-14-31(23)28(38)39/h5-11,15,23,25H,12-14,16H2,1-4H3,(H,38,39). The molecule has 1 saturated heterocycles. The number of Topliss-reactive ketones (excluding diaryl/α,β-unsaturated/α-hetero) is 1. The minimum Gasteiger partial charge on any atom is -0.483 e. The van der Waals surface area contributed by atoms with E-state index in [9.17, 15) is 24.3 Å². The third-order valence-corrected chi connectivity index (χ3v) is 8.22. The summed E-state index contributed by atoms with van der Waals surface area (Å²) < 4.78 is 10.5. The fraction of sp³-hybridized carbons (Fsp3) is 0.379. The number of amides is 1. The smallest absolute Gasteiger partial charge is 0.407 e. The number of carboxylic acid groups (broad SMARTS) is 1. The molecule has 1 N–H and O–H groups in total. The summed E-state index contributed by atoms with van der Waals surface area (Å²) in [6, 6.07) is 11.1. The molecule has 2 aromatic carbocycles. The number of carbonyl (C=O) groups is 2. The molecule has 3 aliphatic rings. The molecule has 208 valence electrons. The van der Waals surface area contributed by atoms with Gasteiger partial charge in [-0.05, 0) is 69.3 Å². The van der Waals surface area contributed by atoms with Gasteiger partial charge in [0.15, 0.2) is 5.78 Å². The summed E-state index contributed by atoms with van der Waals surface area (Å²) in [6.07, 6.45) is 0.969. The van der Waals surface area contributed by atoms with Crippen LogP contribution in [-0.2, 0) is 6.54 Å². The van der Waals surface area contributed by atoms with Crippen LogP contribution in [0.2, 0.25) is 0 Å². The van der Waals surface area contributed by atoms with Gasteiger partial charge in [0, 0.05) is 30.8 Å². The van der Waals surface area contributed by atoms with E-state index < -0.39 is 29.1 Å². The van der Waals surface area contributed by atoms with Crippen LogP contribution in [0.4, 0.5) is 4.79 Å². The number of allylic oxidation sites excluding steroid dienone is 1. The van der Waals surface area contributed by atoms with Crippen LogP contribution in [-0.4, -0.2) is 73.0 Å². The molecule has 0 radical (unpaired) electrons. The zero-order valence-electron chi connectivity index (χ0n) is 22.8. The van der Waals surface area contributed by atoms with Gasteiger partial charge in [-0.2, -0.15) is 0 Å². The summed E-state index contributed by atoms with van der Waals surface area (Å²) in [7, 11) is 1.97. The van der Waals surface area contributed by atoms with E-state index in [0.717, 1.165) is 21.3 Å². The van der Waals surface area contributed by atoms with Crippen LogP contribution in [0.25, 0.3) is 5.69 Å². The van der Waals surface area contributed by atoms with E-state index in [2.05, 4.69) is 4.90 Å². The lowest BCUT2D eigenvalue weighted by Gasteiger charge is -2.43. The maximum Gasteiger partial charge on any atom is 0.407 e. The molecule has 2 unspecified atom stereocenters. The molecule has 3 aliphatic heterocycles. The highest BCUT2D eigenvalue weighted by Crippen LogP contribution is 2.47. The van der Waals surface area contributed by atoms with Gasteiger partial charge in [-0.25, -0.2) is 28.3 Å². The molecule has 1 fully saturated rings. The van der Waals surface area contributed by atoms with Gasteiger partial charge in [-0.3, -0.25) is 9.69 Å². The van der Waals surface area contributed by atoms with Crippen LogP contribution in [0.1, 0.15) is 54.3 Å². The maximum absolute atomic E-state index is 13.9. The molecule has 0 aliphatic carbocycles. The third kappa shape index (κ3) is 3.91. The zero-order chi connectivity index (χ0) is 28.5. The fourth-order valence-electron chi connectivity index (χ4n) is 6.12. The SMILES string of the molecule is CC(=O)c1ccc(-n2c(=O)n3n(c2=O)C2C(=CC3)C(C)(C)Oc3cc(C4CN(C)CCN4C(=O)O)ccc32)cc1. The second kappa shape index (κ2) is 9.09. The van der Waals surface area contributed by atoms with E-state index in [1.165, 1.54) is 21.2 Å². The molecule has 1 amide bonds. The summed E-state index contributed by atoms with van der Waals surface area (Å²) >= 11 is 0. The lowest BCUT2D eigenvalue weighted by molar-refractivity contribution is 0.0766. The summed E-state index contributed by atoms with van der Waals surface area (Å²) in [5, 5.41) is 9.82. The van der Waals surface area contributed by atoms with E-state index in [1.54, 1.807) is 24.3 Å². The van der Waals surface area contributed by atoms with Crippen molar-refractivity contribution in [1.29, 1.82) is 0 Å². The van der Waals surface area contributed by atoms with Gasteiger partial charge in [0.2, 0.25) is 0 Å².